The van der Waals surface area contributed by atoms with E-state index in [-0.39, 0.29) is 5.28 Å². The molecule has 2 aromatic heterocycles. The average molecular weight is 230 g/mol. The summed E-state index contributed by atoms with van der Waals surface area (Å²) in [6, 6.07) is 1.89. The summed E-state index contributed by atoms with van der Waals surface area (Å²) < 4.78 is 5.69. The molecule has 2 rings (SSSR count). The molecule has 0 bridgehead atoms. The molecule has 1 N–H and O–H groups in total. The van der Waals surface area contributed by atoms with Crippen molar-refractivity contribution < 1.29 is 0 Å². The van der Waals surface area contributed by atoms with Gasteiger partial charge in [-0.2, -0.15) is 14.5 Å². The minimum Gasteiger partial charge on any atom is -0.358 e. The van der Waals surface area contributed by atoms with Crippen LogP contribution in [0.15, 0.2) is 18.5 Å². The Morgan fingerprint density at radius 2 is 2.50 bits per heavy atom. The summed E-state index contributed by atoms with van der Waals surface area (Å²) in [5, 5.41) is 8.20. The molecule has 7 heteroatoms. The first-order valence-electron chi connectivity index (χ1n) is 4.05. The summed E-state index contributed by atoms with van der Waals surface area (Å²) in [5.74, 6) is 0. The van der Waals surface area contributed by atoms with Crippen LogP contribution >= 0.6 is 23.1 Å². The van der Waals surface area contributed by atoms with Crippen molar-refractivity contribution in [3.8, 4) is 0 Å². The molecular weight excluding hydrogens is 222 g/mol. The van der Waals surface area contributed by atoms with E-state index in [9.17, 15) is 0 Å². The molecule has 0 unspecified atom stereocenters. The van der Waals surface area contributed by atoms with Crippen molar-refractivity contribution in [2.45, 2.75) is 6.54 Å². The number of aromatic nitrogens is 4. The van der Waals surface area contributed by atoms with Gasteiger partial charge in [-0.15, -0.1) is 0 Å². The highest BCUT2D eigenvalue weighted by Crippen LogP contribution is 2.13. The summed E-state index contributed by atoms with van der Waals surface area (Å²) in [6.07, 6.45) is 3.66. The van der Waals surface area contributed by atoms with Crippen molar-refractivity contribution in [3.05, 3.63) is 23.7 Å². The Kier molecular flexibility index (Phi) is 2.95. The van der Waals surface area contributed by atoms with E-state index in [1.807, 2.05) is 16.9 Å². The average Bonchev–Trinajstić information content (AvgIpc) is 2.77. The van der Waals surface area contributed by atoms with Crippen molar-refractivity contribution in [2.75, 3.05) is 11.9 Å². The van der Waals surface area contributed by atoms with Crippen molar-refractivity contribution in [2.24, 2.45) is 0 Å². The maximum Gasteiger partial charge on any atom is 0.236 e. The van der Waals surface area contributed by atoms with E-state index in [0.717, 1.165) is 18.2 Å². The highest BCUT2D eigenvalue weighted by molar-refractivity contribution is 7.09. The van der Waals surface area contributed by atoms with Gasteiger partial charge in [0.15, 0.2) is 0 Å². The predicted molar refractivity (Wildman–Crippen MR) is 55.6 cm³/mol. The number of rotatable bonds is 4. The third kappa shape index (κ3) is 2.43. The first kappa shape index (κ1) is 9.42. The second-order valence-corrected chi connectivity index (χ2v) is 3.65. The highest BCUT2D eigenvalue weighted by atomic mass is 35.5. The van der Waals surface area contributed by atoms with E-state index in [1.165, 1.54) is 11.5 Å². The Morgan fingerprint density at radius 1 is 1.57 bits per heavy atom. The second kappa shape index (κ2) is 4.39. The van der Waals surface area contributed by atoms with Gasteiger partial charge in [0.05, 0.1) is 6.54 Å². The van der Waals surface area contributed by atoms with Crippen LogP contribution in [0, 0.1) is 0 Å². The number of halogens is 1. The van der Waals surface area contributed by atoms with Gasteiger partial charge < -0.3 is 5.32 Å². The van der Waals surface area contributed by atoms with Crippen LogP contribution in [0.1, 0.15) is 0 Å². The molecule has 0 fully saturated rings. The van der Waals surface area contributed by atoms with Gasteiger partial charge in [0.25, 0.3) is 0 Å². The summed E-state index contributed by atoms with van der Waals surface area (Å²) in [6.45, 7) is 1.55. The van der Waals surface area contributed by atoms with Crippen molar-refractivity contribution >= 4 is 28.3 Å². The minimum atomic E-state index is 0.289. The molecule has 0 aliphatic carbocycles. The van der Waals surface area contributed by atoms with E-state index < -0.39 is 0 Å². The minimum absolute atomic E-state index is 0.289. The zero-order valence-corrected chi connectivity index (χ0v) is 8.79. The Balaban J connectivity index is 1.78. The Labute approximate surface area is 89.9 Å². The lowest BCUT2D eigenvalue weighted by atomic mass is 10.6. The van der Waals surface area contributed by atoms with E-state index in [0.29, 0.717) is 0 Å². The first-order valence-corrected chi connectivity index (χ1v) is 5.20. The van der Waals surface area contributed by atoms with Crippen LogP contribution in [-0.2, 0) is 6.54 Å². The third-order valence-corrected chi connectivity index (χ3v) is 2.52. The number of hydrogen-bond acceptors (Lipinski definition) is 5. The predicted octanol–water partition coefficient (Wildman–Crippen LogP) is 1.50. The fourth-order valence-electron chi connectivity index (χ4n) is 0.987. The van der Waals surface area contributed by atoms with E-state index in [2.05, 4.69) is 19.8 Å². The summed E-state index contributed by atoms with van der Waals surface area (Å²) in [7, 11) is 0. The van der Waals surface area contributed by atoms with Crippen LogP contribution in [0.3, 0.4) is 0 Å². The largest absolute Gasteiger partial charge is 0.358 e. The van der Waals surface area contributed by atoms with Gasteiger partial charge in [-0.1, -0.05) is 0 Å². The molecule has 0 atom stereocenters. The second-order valence-electron chi connectivity index (χ2n) is 2.56. The molecule has 0 radical (unpaired) electrons. The normalized spacial score (nSPS) is 10.4. The van der Waals surface area contributed by atoms with E-state index in [1.54, 1.807) is 6.20 Å². The molecule has 0 aliphatic rings. The summed E-state index contributed by atoms with van der Waals surface area (Å²) in [4.78, 5) is 3.96. The Bertz CT molecular complexity index is 384. The van der Waals surface area contributed by atoms with Gasteiger partial charge in [-0.3, -0.25) is 4.68 Å². The quantitative estimate of drug-likeness (QED) is 0.863. The maximum absolute atomic E-state index is 5.57. The monoisotopic (exact) mass is 229 g/mol. The van der Waals surface area contributed by atoms with Crippen LogP contribution < -0.4 is 5.32 Å². The van der Waals surface area contributed by atoms with E-state index in [4.69, 9.17) is 11.6 Å². The van der Waals surface area contributed by atoms with Gasteiger partial charge in [-0.25, -0.2) is 0 Å². The van der Waals surface area contributed by atoms with Gasteiger partial charge in [0.2, 0.25) is 10.4 Å². The fraction of sp³-hybridized carbons (Fsp3) is 0.286. The molecule has 0 aliphatic heterocycles. The number of nitrogens with one attached hydrogen (secondary N) is 1. The lowest BCUT2D eigenvalue weighted by molar-refractivity contribution is 0.637. The molecule has 0 saturated carbocycles. The van der Waals surface area contributed by atoms with Crippen molar-refractivity contribution in [1.29, 1.82) is 0 Å². The smallest absolute Gasteiger partial charge is 0.236 e. The van der Waals surface area contributed by atoms with Crippen molar-refractivity contribution in [1.82, 2.24) is 19.1 Å². The van der Waals surface area contributed by atoms with Crippen molar-refractivity contribution in [3.63, 3.8) is 0 Å². The molecular formula is C7H8ClN5S. The molecule has 74 valence electrons. The molecule has 0 amide bonds. The number of nitrogens with zero attached hydrogens (tertiary/aromatic N) is 4. The van der Waals surface area contributed by atoms with Crippen LogP contribution in [0.4, 0.5) is 5.13 Å². The zero-order valence-electron chi connectivity index (χ0n) is 7.22. The van der Waals surface area contributed by atoms with Crippen LogP contribution in [-0.4, -0.2) is 25.7 Å². The number of anilines is 1. The lowest BCUT2D eigenvalue weighted by Gasteiger charge is -2.01. The molecule has 0 aromatic carbocycles. The summed E-state index contributed by atoms with van der Waals surface area (Å²) in [5.41, 5.74) is 0. The topological polar surface area (TPSA) is 55.6 Å². The van der Waals surface area contributed by atoms with Gasteiger partial charge in [0.1, 0.15) is 0 Å². The molecule has 14 heavy (non-hydrogen) atoms. The van der Waals surface area contributed by atoms with Gasteiger partial charge >= 0.3 is 0 Å². The molecule has 5 nitrogen and oxygen atoms in total. The Morgan fingerprint density at radius 3 is 3.14 bits per heavy atom. The maximum atomic E-state index is 5.57. The Hall–Kier alpha value is -1.14. The highest BCUT2D eigenvalue weighted by Gasteiger charge is 1.99. The molecule has 2 aromatic rings. The zero-order chi connectivity index (χ0) is 9.80. The molecule has 0 saturated heterocycles. The SMILES string of the molecule is Clc1nsc(NCCn2cccn2)n1. The fourth-order valence-corrected chi connectivity index (χ4v) is 1.72. The van der Waals surface area contributed by atoms with E-state index >= 15 is 0 Å². The lowest BCUT2D eigenvalue weighted by Crippen LogP contribution is -2.10. The standard InChI is InChI=1S/C7H8ClN5S/c8-6-11-7(14-12-6)9-3-5-13-4-1-2-10-13/h1-2,4H,3,5H2,(H,9,11,12). The first-order chi connectivity index (χ1) is 6.84. The van der Waals surface area contributed by atoms with Crippen LogP contribution in [0.25, 0.3) is 0 Å². The molecule has 0 spiro atoms. The van der Waals surface area contributed by atoms with Gasteiger partial charge in [-0.05, 0) is 17.7 Å². The number of hydrogen-bond donors (Lipinski definition) is 1. The van der Waals surface area contributed by atoms with Crippen LogP contribution in [0.5, 0.6) is 0 Å². The summed E-state index contributed by atoms with van der Waals surface area (Å²) >= 11 is 6.82. The van der Waals surface area contributed by atoms with Crippen LogP contribution in [0.2, 0.25) is 5.28 Å². The molecule has 2 heterocycles. The van der Waals surface area contributed by atoms with Gasteiger partial charge in [0, 0.05) is 30.5 Å². The third-order valence-electron chi connectivity index (χ3n) is 1.58.